The van der Waals surface area contributed by atoms with Gasteiger partial charge in [-0.25, -0.2) is 27.1 Å². The van der Waals surface area contributed by atoms with Gasteiger partial charge in [0.25, 0.3) is 15.9 Å². The maximum Gasteiger partial charge on any atom is 0.410 e. The SMILES string of the molecule is C=C[C@@H]1C[C@@]12NC(=O)[C@@H]1C[C@@H](OC(=O)N3Cc4ccc(N(C)C)cc4C3)CN1C(=O)[C@@H](NC(=O)N[C@H](CN1CCN(C)CC1)C(C)C)CCCCCCCNc1ccc(F)cc1S(=O)(=O)NC2=O. The second-order valence-electron chi connectivity index (χ2n) is 19.6. The Labute approximate surface area is 399 Å². The fourth-order valence-corrected chi connectivity index (χ4v) is 10.9. The highest BCUT2D eigenvalue weighted by molar-refractivity contribution is 7.90. The molecule has 7 rings (SSSR count). The summed E-state index contributed by atoms with van der Waals surface area (Å²) in [5.74, 6) is -3.82. The van der Waals surface area contributed by atoms with Crippen molar-refractivity contribution in [3.63, 3.8) is 0 Å². The number of anilines is 2. The number of amides is 6. The third kappa shape index (κ3) is 11.9. The average Bonchev–Trinajstić information content (AvgIpc) is 3.59. The first kappa shape index (κ1) is 50.4. The van der Waals surface area contributed by atoms with Crippen LogP contribution in [0.2, 0.25) is 0 Å². The summed E-state index contributed by atoms with van der Waals surface area (Å²) in [5.41, 5.74) is 1.26. The number of halogens is 1. The maximum atomic E-state index is 15.0. The maximum absolute atomic E-state index is 15.0. The van der Waals surface area contributed by atoms with Gasteiger partial charge in [-0.05, 0) is 73.7 Å². The van der Waals surface area contributed by atoms with Crippen molar-refractivity contribution in [1.29, 1.82) is 0 Å². The van der Waals surface area contributed by atoms with Gasteiger partial charge in [-0.15, -0.1) is 6.58 Å². The molecule has 5 N–H and O–H groups in total. The number of fused-ring (bicyclic) bond motifs is 3. The molecule has 0 bridgehead atoms. The van der Waals surface area contributed by atoms with Crippen LogP contribution in [-0.4, -0.2) is 155 Å². The van der Waals surface area contributed by atoms with E-state index in [0.717, 1.165) is 68.0 Å². The number of benzene rings is 2. The van der Waals surface area contributed by atoms with Gasteiger partial charge >= 0.3 is 12.1 Å². The summed E-state index contributed by atoms with van der Waals surface area (Å²) < 4.78 is 50.4. The number of urea groups is 1. The molecule has 0 radical (unpaired) electrons. The van der Waals surface area contributed by atoms with Crippen molar-refractivity contribution in [1.82, 2.24) is 40.3 Å². The Bertz CT molecular complexity index is 2330. The van der Waals surface area contributed by atoms with E-state index in [4.69, 9.17) is 4.74 Å². The van der Waals surface area contributed by atoms with Crippen molar-refractivity contribution in [3.05, 3.63) is 66.0 Å². The fraction of sp³-hybridized carbons (Fsp3) is 0.604. The first-order chi connectivity index (χ1) is 32.4. The van der Waals surface area contributed by atoms with Crippen LogP contribution < -0.4 is 30.9 Å². The van der Waals surface area contributed by atoms with Gasteiger partial charge < -0.3 is 40.7 Å². The molecule has 3 fully saturated rings. The molecule has 2 aromatic carbocycles. The van der Waals surface area contributed by atoms with Crippen molar-refractivity contribution in [2.24, 2.45) is 11.8 Å². The molecular weight excluding hydrogens is 896 g/mol. The lowest BCUT2D eigenvalue weighted by Gasteiger charge is -2.36. The normalized spacial score (nSPS) is 26.6. The van der Waals surface area contributed by atoms with Crippen molar-refractivity contribution in [2.75, 3.05) is 77.2 Å². The van der Waals surface area contributed by atoms with Gasteiger partial charge in [0.2, 0.25) is 11.8 Å². The largest absolute Gasteiger partial charge is 0.444 e. The highest BCUT2D eigenvalue weighted by Crippen LogP contribution is 2.45. The van der Waals surface area contributed by atoms with Crippen LogP contribution in [0.25, 0.3) is 0 Å². The standard InChI is InChI=1S/C48H69FN10O8S/c1-7-34-26-48(34)45(62)54-68(65,66)42-24-35(49)15-17-38(42)50-18-12-10-8-9-11-13-39(51-46(63)52-40(31(2)3)30-57-21-19-56(6)20-22-57)44(61)59-29-37(25-41(59)43(60)53-48)67-47(64)58-27-32-14-16-36(55(4)5)23-33(32)28-58/h7,14-17,23-24,31,34,37,39-41,50H,1,8-13,18-22,25-30H2,2-6H3,(H,53,60)(H,54,62)(H2,51,52,63)/t34-,37-,39+,40-,41+,48-/m1/s1. The topological polar surface area (TPSA) is 205 Å². The third-order valence-corrected chi connectivity index (χ3v) is 15.4. The van der Waals surface area contributed by atoms with Gasteiger partial charge in [0.1, 0.15) is 34.4 Å². The summed E-state index contributed by atoms with van der Waals surface area (Å²) in [4.78, 5) is 80.6. The molecule has 372 valence electrons. The summed E-state index contributed by atoms with van der Waals surface area (Å²) in [5, 5.41) is 11.9. The Morgan fingerprint density at radius 2 is 1.72 bits per heavy atom. The van der Waals surface area contributed by atoms with Gasteiger partial charge in [-0.3, -0.25) is 24.2 Å². The summed E-state index contributed by atoms with van der Waals surface area (Å²) in [6, 6.07) is 6.14. The van der Waals surface area contributed by atoms with E-state index in [9.17, 15) is 36.8 Å². The van der Waals surface area contributed by atoms with Gasteiger partial charge in [0, 0.05) is 90.5 Å². The number of hydrogen-bond donors (Lipinski definition) is 5. The lowest BCUT2D eigenvalue weighted by Crippen LogP contribution is -2.59. The number of carbonyl (C=O) groups is 5. The van der Waals surface area contributed by atoms with Crippen LogP contribution >= 0.6 is 0 Å². The van der Waals surface area contributed by atoms with Crippen LogP contribution in [0.15, 0.2) is 53.9 Å². The Morgan fingerprint density at radius 3 is 2.43 bits per heavy atom. The zero-order valence-corrected chi connectivity index (χ0v) is 40.8. The molecule has 20 heteroatoms. The first-order valence-corrected chi connectivity index (χ1v) is 25.4. The number of ether oxygens (including phenoxy) is 1. The van der Waals surface area contributed by atoms with Crippen molar-refractivity contribution in [3.8, 4) is 0 Å². The summed E-state index contributed by atoms with van der Waals surface area (Å²) >= 11 is 0. The van der Waals surface area contributed by atoms with E-state index in [1.807, 2.05) is 51.0 Å². The number of nitrogens with zero attached hydrogens (tertiary/aromatic N) is 5. The average molecular weight is 965 g/mol. The predicted octanol–water partition coefficient (Wildman–Crippen LogP) is 3.59. The van der Waals surface area contributed by atoms with E-state index < -0.39 is 80.2 Å². The molecule has 1 saturated carbocycles. The van der Waals surface area contributed by atoms with Crippen molar-refractivity contribution in [2.45, 2.75) is 113 Å². The van der Waals surface area contributed by atoms with E-state index in [1.165, 1.54) is 17.0 Å². The molecule has 1 aliphatic carbocycles. The first-order valence-electron chi connectivity index (χ1n) is 24.0. The number of piperazine rings is 1. The molecule has 4 aliphatic heterocycles. The zero-order chi connectivity index (χ0) is 48.9. The monoisotopic (exact) mass is 965 g/mol. The molecule has 1 spiro atoms. The molecule has 68 heavy (non-hydrogen) atoms. The molecule has 2 aromatic rings. The Hall–Kier alpha value is -5.47. The number of rotatable bonds is 8. The predicted molar refractivity (Wildman–Crippen MR) is 256 cm³/mol. The molecular formula is C48H69FN10O8S. The highest BCUT2D eigenvalue weighted by atomic mass is 32.2. The smallest absolute Gasteiger partial charge is 0.410 e. The van der Waals surface area contributed by atoms with Crippen molar-refractivity contribution >= 4 is 51.2 Å². The van der Waals surface area contributed by atoms with E-state index in [0.29, 0.717) is 45.4 Å². The lowest BCUT2D eigenvalue weighted by atomic mass is 10.0. The molecule has 5 aliphatic rings. The third-order valence-electron chi connectivity index (χ3n) is 14.1. The Balaban J connectivity index is 1.15. The number of carbonyl (C=O) groups excluding carboxylic acids is 5. The quantitative estimate of drug-likeness (QED) is 0.241. The second kappa shape index (κ2) is 21.4. The van der Waals surface area contributed by atoms with Crippen LogP contribution in [0.4, 0.5) is 25.4 Å². The minimum absolute atomic E-state index is 0.00249. The van der Waals surface area contributed by atoms with Crippen LogP contribution in [0.5, 0.6) is 0 Å². The minimum atomic E-state index is -4.68. The van der Waals surface area contributed by atoms with Crippen LogP contribution in [0, 0.1) is 17.7 Å². The Morgan fingerprint density at radius 1 is 1.00 bits per heavy atom. The van der Waals surface area contributed by atoms with Gasteiger partial charge in [-0.1, -0.05) is 51.7 Å². The number of sulfonamides is 1. The van der Waals surface area contributed by atoms with Crippen molar-refractivity contribution < 1.29 is 41.5 Å². The van der Waals surface area contributed by atoms with E-state index >= 15 is 0 Å². The van der Waals surface area contributed by atoms with Crippen LogP contribution in [-0.2, 0) is 42.2 Å². The Kier molecular flexibility index (Phi) is 15.9. The zero-order valence-electron chi connectivity index (χ0n) is 40.0. The van der Waals surface area contributed by atoms with Crippen LogP contribution in [0.3, 0.4) is 0 Å². The van der Waals surface area contributed by atoms with E-state index in [2.05, 4.69) is 49.4 Å². The molecule has 4 heterocycles. The summed E-state index contributed by atoms with van der Waals surface area (Å²) in [6.07, 6.45) is 3.38. The molecule has 0 unspecified atom stereocenters. The molecule has 18 nitrogen and oxygen atoms in total. The number of hydrogen-bond acceptors (Lipinski definition) is 12. The van der Waals surface area contributed by atoms with Gasteiger partial charge in [-0.2, -0.15) is 0 Å². The molecule has 2 saturated heterocycles. The molecule has 6 atom stereocenters. The number of nitrogens with one attached hydrogen (secondary N) is 5. The minimum Gasteiger partial charge on any atom is -0.444 e. The van der Waals surface area contributed by atoms with Crippen LogP contribution in [0.1, 0.15) is 76.3 Å². The summed E-state index contributed by atoms with van der Waals surface area (Å²) in [6.45, 7) is 12.9. The van der Waals surface area contributed by atoms with Gasteiger partial charge in [0.05, 0.1) is 12.2 Å². The lowest BCUT2D eigenvalue weighted by molar-refractivity contribution is -0.141. The van der Waals surface area contributed by atoms with E-state index in [1.54, 1.807) is 4.90 Å². The fourth-order valence-electron chi connectivity index (χ4n) is 9.63. The summed E-state index contributed by atoms with van der Waals surface area (Å²) in [7, 11) is 1.28. The number of likely N-dealkylation sites (N-methyl/N-ethyl adjacent to an activating group) is 1. The molecule has 0 aromatic heterocycles. The van der Waals surface area contributed by atoms with E-state index in [-0.39, 0.29) is 43.5 Å². The molecule has 6 amide bonds. The van der Waals surface area contributed by atoms with Gasteiger partial charge in [0.15, 0.2) is 0 Å². The second-order valence-corrected chi connectivity index (χ2v) is 21.3. The highest BCUT2D eigenvalue weighted by Gasteiger charge is 2.61.